The predicted octanol–water partition coefficient (Wildman–Crippen LogP) is 5.14. The summed E-state index contributed by atoms with van der Waals surface area (Å²) in [5.41, 5.74) is 2.67. The average molecular weight is 485 g/mol. The Labute approximate surface area is 203 Å². The Balaban J connectivity index is 1.51. The van der Waals surface area contributed by atoms with Crippen LogP contribution in [0.3, 0.4) is 0 Å². The first kappa shape index (κ1) is 23.0. The number of aliphatic carboxylic acids is 1. The van der Waals surface area contributed by atoms with Gasteiger partial charge in [0.15, 0.2) is 6.04 Å². The van der Waals surface area contributed by atoms with Gasteiger partial charge in [-0.05, 0) is 41.8 Å². The molecule has 1 atom stereocenters. The van der Waals surface area contributed by atoms with E-state index < -0.39 is 23.5 Å². The van der Waals surface area contributed by atoms with E-state index in [0.717, 1.165) is 16.5 Å². The number of hydrogen-bond acceptors (Lipinski definition) is 5. The third-order valence-corrected chi connectivity index (χ3v) is 6.16. The Morgan fingerprint density at radius 3 is 2.42 bits per heavy atom. The fraction of sp³-hybridized carbons (Fsp3) is 0.107. The summed E-state index contributed by atoms with van der Waals surface area (Å²) in [7, 11) is 0. The van der Waals surface area contributed by atoms with Crippen LogP contribution in [0.5, 0.6) is 0 Å². The van der Waals surface area contributed by atoms with Crippen molar-refractivity contribution in [2.75, 3.05) is 0 Å². The summed E-state index contributed by atoms with van der Waals surface area (Å²) in [5.74, 6) is -2.19. The highest BCUT2D eigenvalue weighted by atomic mass is 19.1. The van der Waals surface area contributed by atoms with E-state index >= 15 is 0 Å². The number of rotatable bonds is 6. The molecule has 0 aliphatic carbocycles. The molecule has 8 heteroatoms. The molecule has 0 aliphatic heterocycles. The van der Waals surface area contributed by atoms with E-state index in [9.17, 15) is 23.9 Å². The lowest BCUT2D eigenvalue weighted by Gasteiger charge is -2.15. The minimum atomic E-state index is -1.25. The van der Waals surface area contributed by atoms with Crippen LogP contribution in [0.4, 0.5) is 4.39 Å². The van der Waals surface area contributed by atoms with E-state index in [4.69, 9.17) is 8.83 Å². The van der Waals surface area contributed by atoms with Crippen LogP contribution in [0, 0.1) is 12.7 Å². The second-order valence-corrected chi connectivity index (χ2v) is 8.42. The standard InChI is InChI=1S/C28H20FNO6/c1-15-19-11-21-22(16-7-9-18(29)10-8-16)14-35-23(21)13-24(19)36-28(34)20(15)12-25(31)30-26(27(32)33)17-5-3-2-4-6-17/h2-11,13-14,26H,12H2,1H3,(H,30,31)(H,32,33)/t26-/m0/s1. The van der Waals surface area contributed by atoms with Gasteiger partial charge >= 0.3 is 11.6 Å². The van der Waals surface area contributed by atoms with Gasteiger partial charge in [0.2, 0.25) is 5.91 Å². The smallest absolute Gasteiger partial charge is 0.340 e. The van der Waals surface area contributed by atoms with Gasteiger partial charge in [0.05, 0.1) is 18.2 Å². The number of carboxylic acids is 1. The first-order valence-corrected chi connectivity index (χ1v) is 11.1. The number of benzene rings is 3. The van der Waals surface area contributed by atoms with Crippen molar-refractivity contribution in [3.05, 3.63) is 106 Å². The molecule has 2 heterocycles. The van der Waals surface area contributed by atoms with Crippen LogP contribution in [-0.4, -0.2) is 17.0 Å². The Bertz CT molecular complexity index is 1670. The van der Waals surface area contributed by atoms with E-state index in [1.54, 1.807) is 67.8 Å². The van der Waals surface area contributed by atoms with Crippen molar-refractivity contribution in [3.63, 3.8) is 0 Å². The molecule has 7 nitrogen and oxygen atoms in total. The van der Waals surface area contributed by atoms with E-state index in [0.29, 0.717) is 27.7 Å². The van der Waals surface area contributed by atoms with E-state index in [1.165, 1.54) is 12.1 Å². The SMILES string of the molecule is Cc1c(CC(=O)N[C@H](C(=O)O)c2ccccc2)c(=O)oc2cc3occ(-c4ccc(F)cc4)c3cc12. The number of furan rings is 1. The third kappa shape index (κ3) is 4.24. The average Bonchev–Trinajstić information content (AvgIpc) is 3.27. The molecule has 1 amide bonds. The van der Waals surface area contributed by atoms with Crippen LogP contribution < -0.4 is 10.9 Å². The van der Waals surface area contributed by atoms with Gasteiger partial charge in [-0.15, -0.1) is 0 Å². The van der Waals surface area contributed by atoms with Crippen molar-refractivity contribution in [3.8, 4) is 11.1 Å². The molecule has 2 N–H and O–H groups in total. The van der Waals surface area contributed by atoms with Gasteiger partial charge in [-0.3, -0.25) is 4.79 Å². The van der Waals surface area contributed by atoms with Crippen molar-refractivity contribution in [2.45, 2.75) is 19.4 Å². The van der Waals surface area contributed by atoms with Gasteiger partial charge in [-0.2, -0.15) is 0 Å². The number of aryl methyl sites for hydroxylation is 1. The number of carbonyl (C=O) groups is 2. The Morgan fingerprint density at radius 1 is 1.00 bits per heavy atom. The van der Waals surface area contributed by atoms with Gasteiger partial charge in [-0.1, -0.05) is 42.5 Å². The van der Waals surface area contributed by atoms with Crippen molar-refractivity contribution >= 4 is 33.8 Å². The minimum Gasteiger partial charge on any atom is -0.479 e. The maximum atomic E-state index is 13.4. The zero-order valence-corrected chi connectivity index (χ0v) is 19.1. The molecule has 0 fully saturated rings. The van der Waals surface area contributed by atoms with E-state index in [-0.39, 0.29) is 17.8 Å². The number of fused-ring (bicyclic) bond motifs is 2. The lowest BCUT2D eigenvalue weighted by atomic mass is 9.99. The highest BCUT2D eigenvalue weighted by Crippen LogP contribution is 2.34. The molecule has 0 saturated carbocycles. The predicted molar refractivity (Wildman–Crippen MR) is 131 cm³/mol. The fourth-order valence-corrected chi connectivity index (χ4v) is 4.27. The van der Waals surface area contributed by atoms with Crippen molar-refractivity contribution < 1.29 is 27.9 Å². The monoisotopic (exact) mass is 485 g/mol. The normalized spacial score (nSPS) is 12.1. The molecule has 0 bridgehead atoms. The van der Waals surface area contributed by atoms with Crippen molar-refractivity contribution in [1.29, 1.82) is 0 Å². The largest absolute Gasteiger partial charge is 0.479 e. The molecule has 0 unspecified atom stereocenters. The van der Waals surface area contributed by atoms with Gasteiger partial charge in [0.25, 0.3) is 0 Å². The fourth-order valence-electron chi connectivity index (χ4n) is 4.27. The summed E-state index contributed by atoms with van der Waals surface area (Å²) in [6.45, 7) is 1.71. The zero-order valence-electron chi connectivity index (χ0n) is 19.1. The molecule has 5 rings (SSSR count). The number of halogens is 1. The second kappa shape index (κ2) is 9.14. The second-order valence-electron chi connectivity index (χ2n) is 8.42. The number of nitrogens with one attached hydrogen (secondary N) is 1. The van der Waals surface area contributed by atoms with Crippen LogP contribution >= 0.6 is 0 Å². The van der Waals surface area contributed by atoms with Crippen LogP contribution in [0.15, 0.2) is 86.6 Å². The van der Waals surface area contributed by atoms with Gasteiger partial charge in [-0.25, -0.2) is 14.0 Å². The summed E-state index contributed by atoms with van der Waals surface area (Å²) in [5, 5.41) is 13.4. The molecule has 0 radical (unpaired) electrons. The summed E-state index contributed by atoms with van der Waals surface area (Å²) in [6, 6.07) is 16.4. The molecule has 0 aliphatic rings. The maximum Gasteiger partial charge on any atom is 0.340 e. The Hall–Kier alpha value is -4.72. The molecule has 0 saturated heterocycles. The molecule has 0 spiro atoms. The summed E-state index contributed by atoms with van der Waals surface area (Å²) < 4.78 is 24.5. The topological polar surface area (TPSA) is 110 Å². The van der Waals surface area contributed by atoms with E-state index in [1.807, 2.05) is 0 Å². The van der Waals surface area contributed by atoms with Gasteiger partial charge in [0.1, 0.15) is 17.0 Å². The first-order chi connectivity index (χ1) is 17.3. The van der Waals surface area contributed by atoms with Gasteiger partial charge < -0.3 is 19.3 Å². The van der Waals surface area contributed by atoms with E-state index in [2.05, 4.69) is 5.32 Å². The zero-order chi connectivity index (χ0) is 25.4. The molecule has 5 aromatic rings. The van der Waals surface area contributed by atoms with Gasteiger partial charge in [0, 0.05) is 22.4 Å². The highest BCUT2D eigenvalue weighted by molar-refractivity contribution is 6.02. The summed E-state index contributed by atoms with van der Waals surface area (Å²) >= 11 is 0. The van der Waals surface area contributed by atoms with Crippen LogP contribution in [0.1, 0.15) is 22.7 Å². The number of carbonyl (C=O) groups excluding carboxylic acids is 1. The number of hydrogen-bond donors (Lipinski definition) is 2. The number of amides is 1. The van der Waals surface area contributed by atoms with Crippen LogP contribution in [-0.2, 0) is 16.0 Å². The quantitative estimate of drug-likeness (QED) is 0.323. The maximum absolute atomic E-state index is 13.4. The molecule has 2 aromatic heterocycles. The van der Waals surface area contributed by atoms with Crippen molar-refractivity contribution in [2.24, 2.45) is 0 Å². The lowest BCUT2D eigenvalue weighted by molar-refractivity contribution is -0.142. The molecule has 36 heavy (non-hydrogen) atoms. The first-order valence-electron chi connectivity index (χ1n) is 11.1. The molecule has 180 valence electrons. The van der Waals surface area contributed by atoms with Crippen LogP contribution in [0.25, 0.3) is 33.1 Å². The lowest BCUT2D eigenvalue weighted by Crippen LogP contribution is -2.35. The molecule has 3 aromatic carbocycles. The number of carboxylic acid groups (broad SMARTS) is 1. The Kier molecular flexibility index (Phi) is 5.85. The van der Waals surface area contributed by atoms with Crippen molar-refractivity contribution in [1.82, 2.24) is 5.32 Å². The third-order valence-electron chi connectivity index (χ3n) is 6.16. The molecular formula is C28H20FNO6. The molecular weight excluding hydrogens is 465 g/mol. The minimum absolute atomic E-state index is 0.128. The Morgan fingerprint density at radius 2 is 1.72 bits per heavy atom. The summed E-state index contributed by atoms with van der Waals surface area (Å²) in [4.78, 5) is 37.3. The highest BCUT2D eigenvalue weighted by Gasteiger charge is 2.24. The van der Waals surface area contributed by atoms with Crippen LogP contribution in [0.2, 0.25) is 0 Å². The summed E-state index contributed by atoms with van der Waals surface area (Å²) in [6.07, 6.45) is 1.20.